The van der Waals surface area contributed by atoms with E-state index in [0.717, 1.165) is 21.7 Å². The van der Waals surface area contributed by atoms with Crippen LogP contribution in [0.3, 0.4) is 0 Å². The predicted octanol–water partition coefficient (Wildman–Crippen LogP) is 7.33. The normalized spacial score (nSPS) is 11.5. The third kappa shape index (κ3) is 6.75. The summed E-state index contributed by atoms with van der Waals surface area (Å²) in [6, 6.07) is 24.4. The van der Waals surface area contributed by atoms with Crippen molar-refractivity contribution in [3.63, 3.8) is 0 Å². The van der Waals surface area contributed by atoms with Crippen LogP contribution in [0.2, 0.25) is 10.0 Å². The van der Waals surface area contributed by atoms with Crippen LogP contribution in [0.15, 0.2) is 94.3 Å². The van der Waals surface area contributed by atoms with E-state index in [1.54, 1.807) is 18.2 Å². The average Bonchev–Trinajstić information content (AvgIpc) is 3.43. The van der Waals surface area contributed by atoms with Crippen molar-refractivity contribution in [1.29, 1.82) is 0 Å². The third-order valence-corrected chi connectivity index (χ3v) is 8.70. The molecule has 0 aliphatic heterocycles. The number of unbranched alkanes of at least 4 members (excludes halogenated alkanes) is 1. The maximum atomic E-state index is 13.8. The van der Waals surface area contributed by atoms with E-state index >= 15 is 0 Å². The first-order valence-corrected chi connectivity index (χ1v) is 15.5. The van der Waals surface area contributed by atoms with Gasteiger partial charge in [-0.05, 0) is 59.2 Å². The first-order chi connectivity index (χ1) is 20.2. The van der Waals surface area contributed by atoms with E-state index in [2.05, 4.69) is 10.1 Å². The average molecular weight is 625 g/mol. The molecule has 216 valence electrons. The predicted molar refractivity (Wildman–Crippen MR) is 163 cm³/mol. The lowest BCUT2D eigenvalue weighted by atomic mass is 10.0. The van der Waals surface area contributed by atoms with Crippen molar-refractivity contribution < 1.29 is 22.5 Å². The van der Waals surface area contributed by atoms with Crippen LogP contribution in [0.1, 0.15) is 31.2 Å². The van der Waals surface area contributed by atoms with E-state index in [4.69, 9.17) is 32.5 Å². The lowest BCUT2D eigenvalue weighted by Gasteiger charge is -2.24. The summed E-state index contributed by atoms with van der Waals surface area (Å²) in [5.74, 6) is 0.214. The first-order valence-electron chi connectivity index (χ1n) is 13.3. The van der Waals surface area contributed by atoms with Crippen LogP contribution in [0, 0.1) is 0 Å². The van der Waals surface area contributed by atoms with Crippen molar-refractivity contribution in [3.05, 3.63) is 106 Å². The molecule has 0 atom stereocenters. The molecule has 4 aromatic carbocycles. The van der Waals surface area contributed by atoms with Crippen LogP contribution in [0.25, 0.3) is 22.2 Å². The lowest BCUT2D eigenvalue weighted by molar-refractivity contribution is -0.141. The highest BCUT2D eigenvalue weighted by molar-refractivity contribution is 7.92. The summed E-state index contributed by atoms with van der Waals surface area (Å²) in [4.78, 5) is 17.2. The summed E-state index contributed by atoms with van der Waals surface area (Å²) in [7, 11) is -4.26. The second-order valence-electron chi connectivity index (χ2n) is 9.58. The number of rotatable bonds is 11. The van der Waals surface area contributed by atoms with Gasteiger partial charge in [0.2, 0.25) is 0 Å². The Bertz CT molecular complexity index is 1810. The SMILES string of the molecule is CCCCOC(=O)CN(c1ccc2c(-c3nc(Cc4ccccc4)no3)cccc2c1)S(=O)(=O)c1cc(Cl)cc(Cl)c1. The molecule has 0 saturated heterocycles. The molecule has 5 rings (SSSR count). The number of sulfonamides is 1. The Morgan fingerprint density at radius 2 is 1.71 bits per heavy atom. The van der Waals surface area contributed by atoms with Crippen LogP contribution < -0.4 is 4.31 Å². The molecule has 0 bridgehead atoms. The Hall–Kier alpha value is -3.92. The second kappa shape index (κ2) is 12.9. The van der Waals surface area contributed by atoms with Crippen LogP contribution in [0.4, 0.5) is 5.69 Å². The van der Waals surface area contributed by atoms with Gasteiger partial charge in [-0.25, -0.2) is 8.42 Å². The van der Waals surface area contributed by atoms with Crippen molar-refractivity contribution in [2.45, 2.75) is 31.1 Å². The van der Waals surface area contributed by atoms with Crippen molar-refractivity contribution >= 4 is 55.7 Å². The first kappa shape index (κ1) is 29.6. The van der Waals surface area contributed by atoms with Gasteiger partial charge in [0.25, 0.3) is 15.9 Å². The monoisotopic (exact) mass is 623 g/mol. The Morgan fingerprint density at radius 3 is 2.45 bits per heavy atom. The van der Waals surface area contributed by atoms with Crippen LogP contribution in [-0.2, 0) is 26.0 Å². The molecule has 0 aliphatic carbocycles. The van der Waals surface area contributed by atoms with Crippen molar-refractivity contribution in [1.82, 2.24) is 10.1 Å². The Kier molecular flexibility index (Phi) is 9.11. The summed E-state index contributed by atoms with van der Waals surface area (Å²) in [5.41, 5.74) is 2.02. The number of hydrogen-bond acceptors (Lipinski definition) is 7. The molecule has 11 heteroatoms. The fraction of sp³-hybridized carbons (Fsp3) is 0.194. The molecule has 0 radical (unpaired) electrons. The van der Waals surface area contributed by atoms with E-state index in [0.29, 0.717) is 35.5 Å². The number of esters is 1. The Balaban J connectivity index is 1.51. The molecule has 5 aromatic rings. The molecule has 0 fully saturated rings. The van der Waals surface area contributed by atoms with Gasteiger partial charge in [-0.15, -0.1) is 0 Å². The highest BCUT2D eigenvalue weighted by Gasteiger charge is 2.29. The zero-order valence-corrected chi connectivity index (χ0v) is 25.0. The molecular weight excluding hydrogens is 597 g/mol. The molecular formula is C31H27Cl2N3O5S. The molecule has 0 unspecified atom stereocenters. The Labute approximate surface area is 253 Å². The molecule has 0 aliphatic rings. The van der Waals surface area contributed by atoms with E-state index < -0.39 is 22.5 Å². The number of hydrogen-bond donors (Lipinski definition) is 0. The standard InChI is InChI=1S/C31H27Cl2N3O5S/c1-2-3-14-40-30(37)20-36(42(38,39)26-18-23(32)17-24(33)19-26)25-12-13-27-22(16-25)10-7-11-28(27)31-34-29(35-41-31)15-21-8-5-4-6-9-21/h4-13,16-19H,2-3,14-15,20H2,1H3. The molecule has 1 heterocycles. The quantitative estimate of drug-likeness (QED) is 0.112. The third-order valence-electron chi connectivity index (χ3n) is 6.51. The van der Waals surface area contributed by atoms with E-state index in [1.165, 1.54) is 18.2 Å². The summed E-state index contributed by atoms with van der Waals surface area (Å²) in [6.45, 7) is 1.63. The number of nitrogens with zero attached hydrogens (tertiary/aromatic N) is 3. The fourth-order valence-corrected chi connectivity index (χ4v) is 6.57. The number of benzene rings is 4. The van der Waals surface area contributed by atoms with Gasteiger partial charge in [0.05, 0.1) is 17.2 Å². The number of ether oxygens (including phenoxy) is 1. The maximum absolute atomic E-state index is 13.8. The maximum Gasteiger partial charge on any atom is 0.326 e. The molecule has 0 amide bonds. The number of fused-ring (bicyclic) bond motifs is 1. The summed E-state index contributed by atoms with van der Waals surface area (Å²) in [6.07, 6.45) is 2.02. The van der Waals surface area contributed by atoms with Gasteiger partial charge in [0.1, 0.15) is 6.54 Å². The lowest BCUT2D eigenvalue weighted by Crippen LogP contribution is -2.36. The molecule has 42 heavy (non-hydrogen) atoms. The van der Waals surface area contributed by atoms with Crippen molar-refractivity contribution in [2.75, 3.05) is 17.5 Å². The second-order valence-corrected chi connectivity index (χ2v) is 12.3. The summed E-state index contributed by atoms with van der Waals surface area (Å²) < 4.78 is 39.6. The zero-order valence-electron chi connectivity index (χ0n) is 22.7. The highest BCUT2D eigenvalue weighted by atomic mass is 35.5. The fourth-order valence-electron chi connectivity index (χ4n) is 4.44. The Morgan fingerprint density at radius 1 is 0.952 bits per heavy atom. The van der Waals surface area contributed by atoms with Gasteiger partial charge in [0.15, 0.2) is 5.82 Å². The largest absolute Gasteiger partial charge is 0.464 e. The smallest absolute Gasteiger partial charge is 0.326 e. The van der Waals surface area contributed by atoms with E-state index in [9.17, 15) is 13.2 Å². The minimum atomic E-state index is -4.26. The topological polar surface area (TPSA) is 103 Å². The van der Waals surface area contributed by atoms with Crippen LogP contribution >= 0.6 is 23.2 Å². The van der Waals surface area contributed by atoms with Crippen LogP contribution in [0.5, 0.6) is 0 Å². The molecule has 0 N–H and O–H groups in total. The summed E-state index contributed by atoms with van der Waals surface area (Å²) in [5, 5.41) is 5.92. The van der Waals surface area contributed by atoms with Gasteiger partial charge < -0.3 is 9.26 Å². The number of halogens is 2. The molecule has 0 saturated carbocycles. The number of carbonyl (C=O) groups is 1. The minimum Gasteiger partial charge on any atom is -0.464 e. The zero-order chi connectivity index (χ0) is 29.7. The van der Waals surface area contributed by atoms with Crippen molar-refractivity contribution in [2.24, 2.45) is 0 Å². The van der Waals surface area contributed by atoms with E-state index in [-0.39, 0.29) is 27.2 Å². The summed E-state index contributed by atoms with van der Waals surface area (Å²) >= 11 is 12.2. The van der Waals surface area contributed by atoms with Gasteiger partial charge >= 0.3 is 5.97 Å². The number of anilines is 1. The molecule has 0 spiro atoms. The molecule has 8 nitrogen and oxygen atoms in total. The van der Waals surface area contributed by atoms with Gasteiger partial charge in [-0.3, -0.25) is 9.10 Å². The highest BCUT2D eigenvalue weighted by Crippen LogP contribution is 2.33. The van der Waals surface area contributed by atoms with Crippen LogP contribution in [-0.4, -0.2) is 37.7 Å². The van der Waals surface area contributed by atoms with Gasteiger partial charge in [0, 0.05) is 22.0 Å². The minimum absolute atomic E-state index is 0.146. The van der Waals surface area contributed by atoms with E-state index in [1.807, 2.05) is 55.5 Å². The molecule has 1 aromatic heterocycles. The van der Waals surface area contributed by atoms with Gasteiger partial charge in [-0.2, -0.15) is 4.98 Å². The number of aromatic nitrogens is 2. The number of carbonyl (C=O) groups excluding carboxylic acids is 1. The van der Waals surface area contributed by atoms with Gasteiger partial charge in [-0.1, -0.05) is 90.2 Å². The van der Waals surface area contributed by atoms with Crippen molar-refractivity contribution in [3.8, 4) is 11.5 Å².